The summed E-state index contributed by atoms with van der Waals surface area (Å²) >= 11 is 0. The lowest BCUT2D eigenvalue weighted by molar-refractivity contribution is 0.0801. The van der Waals surface area contributed by atoms with E-state index in [4.69, 9.17) is 11.3 Å². The first-order valence-corrected chi connectivity index (χ1v) is 5.76. The Labute approximate surface area is 107 Å². The highest BCUT2D eigenvalue weighted by Crippen LogP contribution is 2.36. The fraction of sp³-hybridized carbons (Fsp3) is 0.600. The van der Waals surface area contributed by atoms with Crippen molar-refractivity contribution >= 4 is 5.82 Å². The SMILES string of the molecule is [N-]=[N+]=NC1C(n2ccc(N)nc2=O)CC(CO)[C@@H]1O. The van der Waals surface area contributed by atoms with Crippen LogP contribution < -0.4 is 11.4 Å². The van der Waals surface area contributed by atoms with Crippen LogP contribution in [0.1, 0.15) is 12.5 Å². The van der Waals surface area contributed by atoms with Gasteiger partial charge in [0, 0.05) is 29.7 Å². The number of nitrogens with two attached hydrogens (primary N) is 1. The maximum Gasteiger partial charge on any atom is 0.349 e. The highest BCUT2D eigenvalue weighted by atomic mass is 16.3. The second-order valence-electron chi connectivity index (χ2n) is 4.47. The van der Waals surface area contributed by atoms with Crippen LogP contribution in [0.25, 0.3) is 10.4 Å². The van der Waals surface area contributed by atoms with Crippen molar-refractivity contribution in [3.8, 4) is 0 Å². The molecule has 3 unspecified atom stereocenters. The van der Waals surface area contributed by atoms with E-state index in [1.807, 2.05) is 0 Å². The van der Waals surface area contributed by atoms with Gasteiger partial charge in [-0.05, 0) is 18.0 Å². The Bertz CT molecular complexity index is 567. The van der Waals surface area contributed by atoms with Crippen LogP contribution in [0.3, 0.4) is 0 Å². The van der Waals surface area contributed by atoms with Crippen molar-refractivity contribution in [1.82, 2.24) is 9.55 Å². The number of nitrogens with zero attached hydrogens (tertiary/aromatic N) is 5. The molecule has 0 radical (unpaired) electrons. The van der Waals surface area contributed by atoms with Crippen molar-refractivity contribution in [1.29, 1.82) is 0 Å². The first kappa shape index (κ1) is 13.3. The minimum absolute atomic E-state index is 0.0961. The summed E-state index contributed by atoms with van der Waals surface area (Å²) < 4.78 is 1.27. The van der Waals surface area contributed by atoms with Gasteiger partial charge in [-0.3, -0.25) is 4.57 Å². The van der Waals surface area contributed by atoms with Gasteiger partial charge in [-0.15, -0.1) is 0 Å². The van der Waals surface area contributed by atoms with Crippen molar-refractivity contribution in [2.24, 2.45) is 11.0 Å². The lowest BCUT2D eigenvalue weighted by Gasteiger charge is -2.19. The fourth-order valence-electron chi connectivity index (χ4n) is 2.44. The van der Waals surface area contributed by atoms with Gasteiger partial charge in [0.1, 0.15) is 5.82 Å². The van der Waals surface area contributed by atoms with E-state index in [2.05, 4.69) is 15.0 Å². The molecule has 1 aromatic rings. The monoisotopic (exact) mass is 266 g/mol. The predicted octanol–water partition coefficient (Wildman–Crippen LogP) is -0.581. The largest absolute Gasteiger partial charge is 0.396 e. The molecule has 0 spiro atoms. The summed E-state index contributed by atoms with van der Waals surface area (Å²) in [5.41, 5.74) is 13.4. The highest BCUT2D eigenvalue weighted by molar-refractivity contribution is 5.24. The third-order valence-electron chi connectivity index (χ3n) is 3.40. The zero-order valence-electron chi connectivity index (χ0n) is 9.99. The number of hydrogen-bond acceptors (Lipinski definition) is 6. The summed E-state index contributed by atoms with van der Waals surface area (Å²) in [6.07, 6.45) is 0.782. The molecule has 1 aliphatic carbocycles. The van der Waals surface area contributed by atoms with E-state index in [0.717, 1.165) is 0 Å². The zero-order valence-corrected chi connectivity index (χ0v) is 9.99. The maximum absolute atomic E-state index is 11.8. The normalized spacial score (nSPS) is 30.0. The molecule has 1 aliphatic rings. The molecule has 0 aliphatic heterocycles. The molecule has 4 atom stereocenters. The summed E-state index contributed by atoms with van der Waals surface area (Å²) in [7, 11) is 0. The molecular weight excluding hydrogens is 252 g/mol. The maximum atomic E-state index is 11.8. The Hall–Kier alpha value is -2.09. The number of aliphatic hydroxyl groups excluding tert-OH is 2. The van der Waals surface area contributed by atoms with E-state index in [1.54, 1.807) is 0 Å². The van der Waals surface area contributed by atoms with Crippen molar-refractivity contribution in [2.75, 3.05) is 12.3 Å². The summed E-state index contributed by atoms with van der Waals surface area (Å²) in [4.78, 5) is 18.0. The lowest BCUT2D eigenvalue weighted by atomic mass is 10.1. The molecule has 2 rings (SSSR count). The average molecular weight is 266 g/mol. The number of nitrogen functional groups attached to an aromatic ring is 1. The van der Waals surface area contributed by atoms with Gasteiger partial charge in [0.15, 0.2) is 0 Å². The molecule has 0 aromatic carbocycles. The molecule has 0 saturated heterocycles. The number of azide groups is 1. The van der Waals surface area contributed by atoms with E-state index in [-0.39, 0.29) is 12.4 Å². The van der Waals surface area contributed by atoms with Crippen molar-refractivity contribution in [2.45, 2.75) is 24.6 Å². The quantitative estimate of drug-likeness (QED) is 0.380. The molecule has 0 amide bonds. The van der Waals surface area contributed by atoms with Crippen LogP contribution in [0.2, 0.25) is 0 Å². The van der Waals surface area contributed by atoms with Crippen LogP contribution >= 0.6 is 0 Å². The molecule has 1 saturated carbocycles. The summed E-state index contributed by atoms with van der Waals surface area (Å²) in [5, 5.41) is 22.7. The topological polar surface area (TPSA) is 150 Å². The Morgan fingerprint density at radius 3 is 3.00 bits per heavy atom. The van der Waals surface area contributed by atoms with E-state index in [1.165, 1.54) is 16.8 Å². The first-order chi connectivity index (χ1) is 9.08. The molecule has 9 heteroatoms. The molecule has 1 heterocycles. The number of aliphatic hydroxyl groups is 2. The van der Waals surface area contributed by atoms with Crippen molar-refractivity contribution in [3.05, 3.63) is 33.2 Å². The van der Waals surface area contributed by atoms with Crippen LogP contribution in [-0.2, 0) is 0 Å². The Kier molecular flexibility index (Phi) is 3.70. The van der Waals surface area contributed by atoms with Gasteiger partial charge in [0.2, 0.25) is 0 Å². The molecule has 1 aromatic heterocycles. The summed E-state index contributed by atoms with van der Waals surface area (Å²) in [6.45, 7) is -0.244. The number of anilines is 1. The van der Waals surface area contributed by atoms with Crippen LogP contribution in [0.4, 0.5) is 5.82 Å². The van der Waals surface area contributed by atoms with E-state index < -0.39 is 29.8 Å². The predicted molar refractivity (Wildman–Crippen MR) is 66.1 cm³/mol. The van der Waals surface area contributed by atoms with Gasteiger partial charge in [0.05, 0.1) is 12.1 Å². The van der Waals surface area contributed by atoms with Crippen LogP contribution in [-0.4, -0.2) is 38.5 Å². The van der Waals surface area contributed by atoms with Gasteiger partial charge in [-0.2, -0.15) is 4.98 Å². The molecule has 1 fully saturated rings. The Morgan fingerprint density at radius 1 is 1.68 bits per heavy atom. The van der Waals surface area contributed by atoms with E-state index in [0.29, 0.717) is 6.42 Å². The van der Waals surface area contributed by atoms with E-state index in [9.17, 15) is 15.0 Å². The minimum atomic E-state index is -0.990. The number of aromatic nitrogens is 2. The standard InChI is InChI=1S/C10H14N6O3/c11-7-1-2-16(10(19)13-7)6-3-5(4-17)9(18)8(6)14-15-12/h1-2,5-6,8-9,17-18H,3-4H2,(H2,11,13,19)/t5?,6?,8?,9-/m0/s1. The molecule has 4 N–H and O–H groups in total. The van der Waals surface area contributed by atoms with Gasteiger partial charge < -0.3 is 15.9 Å². The van der Waals surface area contributed by atoms with E-state index >= 15 is 0 Å². The Morgan fingerprint density at radius 2 is 2.42 bits per heavy atom. The van der Waals surface area contributed by atoms with Gasteiger partial charge >= 0.3 is 5.69 Å². The molecule has 102 valence electrons. The lowest BCUT2D eigenvalue weighted by Crippen LogP contribution is -2.34. The van der Waals surface area contributed by atoms with Crippen molar-refractivity contribution < 1.29 is 10.2 Å². The van der Waals surface area contributed by atoms with Crippen LogP contribution in [0.15, 0.2) is 22.2 Å². The fourth-order valence-corrected chi connectivity index (χ4v) is 2.44. The molecule has 19 heavy (non-hydrogen) atoms. The zero-order chi connectivity index (χ0) is 14.0. The number of rotatable bonds is 3. The Balaban J connectivity index is 2.41. The second-order valence-corrected chi connectivity index (χ2v) is 4.47. The molecule has 0 bridgehead atoms. The highest BCUT2D eigenvalue weighted by Gasteiger charge is 2.42. The third-order valence-corrected chi connectivity index (χ3v) is 3.40. The summed E-state index contributed by atoms with van der Waals surface area (Å²) in [6, 6.07) is 0.0987. The van der Waals surface area contributed by atoms with Gasteiger partial charge in [-0.1, -0.05) is 5.11 Å². The van der Waals surface area contributed by atoms with Crippen LogP contribution in [0, 0.1) is 5.92 Å². The summed E-state index contributed by atoms with van der Waals surface area (Å²) in [5.74, 6) is -0.344. The molecule has 9 nitrogen and oxygen atoms in total. The minimum Gasteiger partial charge on any atom is -0.396 e. The first-order valence-electron chi connectivity index (χ1n) is 5.76. The smallest absolute Gasteiger partial charge is 0.349 e. The number of hydrogen-bond donors (Lipinski definition) is 3. The van der Waals surface area contributed by atoms with Crippen LogP contribution in [0.5, 0.6) is 0 Å². The third kappa shape index (κ3) is 2.39. The van der Waals surface area contributed by atoms with Crippen molar-refractivity contribution in [3.63, 3.8) is 0 Å². The van der Waals surface area contributed by atoms with Gasteiger partial charge in [0.25, 0.3) is 0 Å². The molecular formula is C10H14N6O3. The average Bonchev–Trinajstić information content (AvgIpc) is 2.68. The second kappa shape index (κ2) is 5.27. The van der Waals surface area contributed by atoms with Gasteiger partial charge in [-0.25, -0.2) is 4.79 Å².